The van der Waals surface area contributed by atoms with Crippen LogP contribution in [0, 0.1) is 19.7 Å². The molecule has 0 spiro atoms. The predicted molar refractivity (Wildman–Crippen MR) is 135 cm³/mol. The Balaban J connectivity index is 1.31. The number of hydrogen-bond acceptors (Lipinski definition) is 3. The highest BCUT2D eigenvalue weighted by molar-refractivity contribution is 5.81. The highest BCUT2D eigenvalue weighted by atomic mass is 19.1. The van der Waals surface area contributed by atoms with Crippen molar-refractivity contribution in [3.8, 4) is 5.75 Å². The topological polar surface area (TPSA) is 47.4 Å². The van der Waals surface area contributed by atoms with Gasteiger partial charge in [-0.2, -0.15) is 0 Å². The minimum atomic E-state index is -0.269. The van der Waals surface area contributed by atoms with Gasteiger partial charge in [0.05, 0.1) is 17.6 Å². The van der Waals surface area contributed by atoms with Gasteiger partial charge in [-0.05, 0) is 61.2 Å². The number of hydrogen-bond donors (Lipinski definition) is 0. The van der Waals surface area contributed by atoms with E-state index in [1.807, 2.05) is 29.2 Å². The second kappa shape index (κ2) is 9.90. The molecule has 1 aromatic heterocycles. The number of ether oxygens (including phenoxy) is 1. The van der Waals surface area contributed by atoms with Crippen molar-refractivity contribution < 1.29 is 13.9 Å². The van der Waals surface area contributed by atoms with Crippen molar-refractivity contribution in [2.45, 2.75) is 45.7 Å². The predicted octanol–water partition coefficient (Wildman–Crippen LogP) is 5.78. The third kappa shape index (κ3) is 4.92. The van der Waals surface area contributed by atoms with Gasteiger partial charge in [0.1, 0.15) is 17.4 Å². The van der Waals surface area contributed by atoms with Gasteiger partial charge in [-0.25, -0.2) is 9.37 Å². The fraction of sp³-hybridized carbons (Fsp3) is 0.310. The fourth-order valence-electron chi connectivity index (χ4n) is 4.97. The maximum absolute atomic E-state index is 13.3. The number of halogens is 1. The van der Waals surface area contributed by atoms with Crippen LogP contribution in [0.5, 0.6) is 5.75 Å². The van der Waals surface area contributed by atoms with Gasteiger partial charge in [0.15, 0.2) is 0 Å². The van der Waals surface area contributed by atoms with Gasteiger partial charge >= 0.3 is 0 Å². The summed E-state index contributed by atoms with van der Waals surface area (Å²) in [5.41, 5.74) is 5.24. The Hall–Kier alpha value is -3.67. The van der Waals surface area contributed by atoms with E-state index in [0.717, 1.165) is 52.3 Å². The average molecular weight is 472 g/mol. The molecule has 1 amide bonds. The molecule has 180 valence electrons. The zero-order chi connectivity index (χ0) is 24.4. The Morgan fingerprint density at radius 3 is 2.51 bits per heavy atom. The van der Waals surface area contributed by atoms with Crippen LogP contribution in [0.25, 0.3) is 11.0 Å². The Morgan fingerprint density at radius 2 is 1.74 bits per heavy atom. The molecule has 1 unspecified atom stereocenters. The third-order valence-corrected chi connectivity index (χ3v) is 6.73. The van der Waals surface area contributed by atoms with E-state index in [4.69, 9.17) is 9.72 Å². The molecule has 3 aromatic carbocycles. The number of likely N-dealkylation sites (tertiary alicyclic amines) is 1. The van der Waals surface area contributed by atoms with Gasteiger partial charge in [-0.1, -0.05) is 42.5 Å². The normalized spacial score (nSPS) is 15.8. The number of carbonyl (C=O) groups excluding carboxylic acids is 1. The van der Waals surface area contributed by atoms with Crippen LogP contribution >= 0.6 is 0 Å². The SMILES string of the molecule is Cc1cccc(C)c1OCCCn1c(C2CC(=O)N(Cc3ccc(F)cc3)C2)nc2ccccc21. The van der Waals surface area contributed by atoms with E-state index >= 15 is 0 Å². The minimum absolute atomic E-state index is 0.0230. The highest BCUT2D eigenvalue weighted by Crippen LogP contribution is 2.31. The summed E-state index contributed by atoms with van der Waals surface area (Å²) in [4.78, 5) is 19.6. The van der Waals surface area contributed by atoms with E-state index in [2.05, 4.69) is 36.6 Å². The van der Waals surface area contributed by atoms with E-state index in [9.17, 15) is 9.18 Å². The summed E-state index contributed by atoms with van der Waals surface area (Å²) in [5, 5.41) is 0. The van der Waals surface area contributed by atoms with Crippen molar-refractivity contribution in [1.29, 1.82) is 0 Å². The average Bonchev–Trinajstić information content (AvgIpc) is 3.40. The molecule has 0 N–H and O–H groups in total. The monoisotopic (exact) mass is 471 g/mol. The molecule has 6 heteroatoms. The smallest absolute Gasteiger partial charge is 0.223 e. The Kier molecular flexibility index (Phi) is 6.53. The first kappa shape index (κ1) is 23.1. The number of aryl methyl sites for hydroxylation is 3. The van der Waals surface area contributed by atoms with Crippen LogP contribution < -0.4 is 4.74 Å². The van der Waals surface area contributed by atoms with Crippen molar-refractivity contribution in [3.63, 3.8) is 0 Å². The Morgan fingerprint density at radius 1 is 1.00 bits per heavy atom. The maximum Gasteiger partial charge on any atom is 0.223 e. The molecule has 1 fully saturated rings. The van der Waals surface area contributed by atoms with E-state index in [0.29, 0.717) is 26.1 Å². The summed E-state index contributed by atoms with van der Waals surface area (Å²) in [7, 11) is 0. The van der Waals surface area contributed by atoms with Gasteiger partial charge in [0, 0.05) is 32.0 Å². The van der Waals surface area contributed by atoms with Crippen LogP contribution in [0.2, 0.25) is 0 Å². The summed E-state index contributed by atoms with van der Waals surface area (Å²) in [6.45, 7) is 6.61. The summed E-state index contributed by atoms with van der Waals surface area (Å²) in [5.74, 6) is 1.77. The molecular formula is C29H30FN3O2. The summed E-state index contributed by atoms with van der Waals surface area (Å²) >= 11 is 0. The first-order valence-corrected chi connectivity index (χ1v) is 12.2. The number of para-hydroxylation sites is 3. The molecule has 0 aliphatic carbocycles. The van der Waals surface area contributed by atoms with E-state index in [1.165, 1.54) is 12.1 Å². The number of imidazole rings is 1. The van der Waals surface area contributed by atoms with Crippen molar-refractivity contribution in [3.05, 3.63) is 95.1 Å². The summed E-state index contributed by atoms with van der Waals surface area (Å²) < 4.78 is 21.7. The van der Waals surface area contributed by atoms with Gasteiger partial charge < -0.3 is 14.2 Å². The minimum Gasteiger partial charge on any atom is -0.493 e. The zero-order valence-electron chi connectivity index (χ0n) is 20.2. The molecule has 2 heterocycles. The molecule has 0 saturated carbocycles. The number of amides is 1. The van der Waals surface area contributed by atoms with E-state index in [-0.39, 0.29) is 17.6 Å². The molecule has 0 radical (unpaired) electrons. The van der Waals surface area contributed by atoms with E-state index in [1.54, 1.807) is 12.1 Å². The molecule has 1 saturated heterocycles. The quantitative estimate of drug-likeness (QED) is 0.306. The van der Waals surface area contributed by atoms with Crippen molar-refractivity contribution in [2.24, 2.45) is 0 Å². The molecule has 1 aliphatic rings. The standard InChI is InChI=1S/C29H30FN3O2/c1-20-7-5-8-21(2)28(20)35-16-6-15-33-26-10-4-3-9-25(26)31-29(33)23-17-27(34)32(19-23)18-22-11-13-24(30)14-12-22/h3-5,7-14,23H,6,15-19H2,1-2H3. The zero-order valence-corrected chi connectivity index (χ0v) is 20.2. The van der Waals surface area contributed by atoms with Gasteiger partial charge in [-0.15, -0.1) is 0 Å². The lowest BCUT2D eigenvalue weighted by atomic mass is 10.1. The molecule has 5 rings (SSSR count). The van der Waals surface area contributed by atoms with E-state index < -0.39 is 0 Å². The molecule has 35 heavy (non-hydrogen) atoms. The number of carbonyl (C=O) groups is 1. The molecule has 1 aliphatic heterocycles. The number of nitrogens with zero attached hydrogens (tertiary/aromatic N) is 3. The summed E-state index contributed by atoms with van der Waals surface area (Å²) in [6, 6.07) is 20.7. The van der Waals surface area contributed by atoms with Crippen LogP contribution in [-0.2, 0) is 17.9 Å². The van der Waals surface area contributed by atoms with Gasteiger partial charge in [-0.3, -0.25) is 4.79 Å². The maximum atomic E-state index is 13.3. The van der Waals surface area contributed by atoms with Crippen LogP contribution in [0.3, 0.4) is 0 Å². The lowest BCUT2D eigenvalue weighted by Crippen LogP contribution is -2.24. The molecule has 5 nitrogen and oxygen atoms in total. The van der Waals surface area contributed by atoms with Crippen molar-refractivity contribution >= 4 is 16.9 Å². The van der Waals surface area contributed by atoms with Gasteiger partial charge in [0.25, 0.3) is 0 Å². The van der Waals surface area contributed by atoms with Crippen LogP contribution in [0.4, 0.5) is 4.39 Å². The lowest BCUT2D eigenvalue weighted by molar-refractivity contribution is -0.128. The Bertz CT molecular complexity index is 1330. The summed E-state index contributed by atoms with van der Waals surface area (Å²) in [6.07, 6.45) is 1.27. The number of aromatic nitrogens is 2. The van der Waals surface area contributed by atoms with Crippen LogP contribution in [-0.4, -0.2) is 33.5 Å². The molecule has 0 bridgehead atoms. The number of fused-ring (bicyclic) bond motifs is 1. The van der Waals surface area contributed by atoms with Crippen molar-refractivity contribution in [2.75, 3.05) is 13.2 Å². The van der Waals surface area contributed by atoms with Crippen LogP contribution in [0.1, 0.15) is 41.3 Å². The molecular weight excluding hydrogens is 441 g/mol. The van der Waals surface area contributed by atoms with Gasteiger partial charge in [0.2, 0.25) is 5.91 Å². The highest BCUT2D eigenvalue weighted by Gasteiger charge is 2.34. The largest absolute Gasteiger partial charge is 0.493 e. The third-order valence-electron chi connectivity index (χ3n) is 6.73. The molecule has 1 atom stereocenters. The van der Waals surface area contributed by atoms with Crippen molar-refractivity contribution in [1.82, 2.24) is 14.5 Å². The first-order valence-electron chi connectivity index (χ1n) is 12.2. The number of benzene rings is 3. The van der Waals surface area contributed by atoms with Crippen LogP contribution in [0.15, 0.2) is 66.7 Å². The second-order valence-electron chi connectivity index (χ2n) is 9.34. The second-order valence-corrected chi connectivity index (χ2v) is 9.34. The number of rotatable bonds is 8. The lowest BCUT2D eigenvalue weighted by Gasteiger charge is -2.18. The fourth-order valence-corrected chi connectivity index (χ4v) is 4.97. The Labute approximate surface area is 205 Å². The first-order chi connectivity index (χ1) is 17.0. The molecule has 4 aromatic rings.